The number of ether oxygens (including phenoxy) is 1. The van der Waals surface area contributed by atoms with E-state index in [9.17, 15) is 0 Å². The number of nitrogens with two attached hydrogens (primary N) is 1. The first-order valence-corrected chi connectivity index (χ1v) is 7.17. The third-order valence-corrected chi connectivity index (χ3v) is 3.04. The monoisotopic (exact) mass is 264 g/mol. The first-order chi connectivity index (χ1) is 8.82. The minimum absolute atomic E-state index is 0.0151. The van der Waals surface area contributed by atoms with Crippen molar-refractivity contribution >= 4 is 0 Å². The lowest BCUT2D eigenvalue weighted by molar-refractivity contribution is 0.285. The van der Waals surface area contributed by atoms with Crippen LogP contribution in [0.4, 0.5) is 0 Å². The van der Waals surface area contributed by atoms with Crippen LogP contribution in [-0.4, -0.2) is 11.6 Å². The van der Waals surface area contributed by atoms with Crippen molar-refractivity contribution in [1.82, 2.24) is 4.98 Å². The molecule has 0 aliphatic carbocycles. The summed E-state index contributed by atoms with van der Waals surface area (Å²) in [7, 11) is 0. The highest BCUT2D eigenvalue weighted by Crippen LogP contribution is 2.24. The SMILES string of the molecule is CC(C)CCCOc1cc(CN)cc(C(C)(C)C)n1. The molecule has 108 valence electrons. The van der Waals surface area contributed by atoms with Gasteiger partial charge in [-0.3, -0.25) is 0 Å². The van der Waals surface area contributed by atoms with Crippen molar-refractivity contribution in [3.8, 4) is 5.88 Å². The van der Waals surface area contributed by atoms with Crippen molar-refractivity contribution in [2.75, 3.05) is 6.61 Å². The number of rotatable bonds is 6. The highest BCUT2D eigenvalue weighted by molar-refractivity contribution is 5.28. The number of nitrogens with zero attached hydrogens (tertiary/aromatic N) is 1. The fourth-order valence-electron chi connectivity index (χ4n) is 1.80. The van der Waals surface area contributed by atoms with Crippen molar-refractivity contribution in [3.05, 3.63) is 23.4 Å². The summed E-state index contributed by atoms with van der Waals surface area (Å²) in [5.41, 5.74) is 7.88. The van der Waals surface area contributed by atoms with Crippen molar-refractivity contribution in [3.63, 3.8) is 0 Å². The van der Waals surface area contributed by atoms with Crippen LogP contribution in [0.5, 0.6) is 5.88 Å². The zero-order valence-corrected chi connectivity index (χ0v) is 13.0. The molecule has 0 spiro atoms. The van der Waals surface area contributed by atoms with E-state index in [1.54, 1.807) is 0 Å². The molecule has 19 heavy (non-hydrogen) atoms. The van der Waals surface area contributed by atoms with Gasteiger partial charge in [-0.25, -0.2) is 4.98 Å². The van der Waals surface area contributed by atoms with Crippen LogP contribution < -0.4 is 10.5 Å². The maximum atomic E-state index is 5.77. The van der Waals surface area contributed by atoms with Gasteiger partial charge in [-0.2, -0.15) is 0 Å². The molecule has 1 rings (SSSR count). The van der Waals surface area contributed by atoms with E-state index in [2.05, 4.69) is 45.7 Å². The molecule has 0 saturated heterocycles. The average molecular weight is 264 g/mol. The lowest BCUT2D eigenvalue weighted by atomic mass is 9.91. The number of aromatic nitrogens is 1. The van der Waals surface area contributed by atoms with E-state index < -0.39 is 0 Å². The summed E-state index contributed by atoms with van der Waals surface area (Å²) in [4.78, 5) is 4.59. The molecule has 0 unspecified atom stereocenters. The van der Waals surface area contributed by atoms with Crippen molar-refractivity contribution in [2.24, 2.45) is 11.7 Å². The van der Waals surface area contributed by atoms with E-state index in [0.717, 1.165) is 30.2 Å². The molecule has 0 atom stereocenters. The Balaban J connectivity index is 2.72. The van der Waals surface area contributed by atoms with Gasteiger partial charge >= 0.3 is 0 Å². The summed E-state index contributed by atoms with van der Waals surface area (Å²) < 4.78 is 5.77. The molecular formula is C16H28N2O. The topological polar surface area (TPSA) is 48.1 Å². The Labute approximate surface area is 117 Å². The van der Waals surface area contributed by atoms with Gasteiger partial charge in [0.05, 0.1) is 12.3 Å². The highest BCUT2D eigenvalue weighted by atomic mass is 16.5. The molecule has 3 nitrogen and oxygen atoms in total. The van der Waals surface area contributed by atoms with Crippen LogP contribution in [-0.2, 0) is 12.0 Å². The summed E-state index contributed by atoms with van der Waals surface area (Å²) in [6, 6.07) is 4.02. The van der Waals surface area contributed by atoms with E-state index in [1.807, 2.05) is 6.07 Å². The summed E-state index contributed by atoms with van der Waals surface area (Å²) >= 11 is 0. The lowest BCUT2D eigenvalue weighted by Gasteiger charge is -2.19. The Morgan fingerprint density at radius 2 is 1.95 bits per heavy atom. The van der Waals surface area contributed by atoms with Gasteiger partial charge in [0.2, 0.25) is 5.88 Å². The van der Waals surface area contributed by atoms with Crippen LogP contribution in [0.15, 0.2) is 12.1 Å². The quantitative estimate of drug-likeness (QED) is 0.798. The second-order valence-electron chi connectivity index (χ2n) is 6.54. The standard InChI is InChI=1S/C16H28N2O/c1-12(2)7-6-8-19-15-10-13(11-17)9-14(18-15)16(3,4)5/h9-10,12H,6-8,11,17H2,1-5H3. The van der Waals surface area contributed by atoms with Crippen LogP contribution in [0.3, 0.4) is 0 Å². The molecule has 0 bridgehead atoms. The maximum Gasteiger partial charge on any atom is 0.213 e. The summed E-state index contributed by atoms with van der Waals surface area (Å²) in [5, 5.41) is 0. The van der Waals surface area contributed by atoms with Gasteiger partial charge < -0.3 is 10.5 Å². The fourth-order valence-corrected chi connectivity index (χ4v) is 1.80. The molecule has 0 amide bonds. The Morgan fingerprint density at radius 3 is 2.47 bits per heavy atom. The van der Waals surface area contributed by atoms with E-state index >= 15 is 0 Å². The minimum atomic E-state index is 0.0151. The second kappa shape index (κ2) is 6.90. The largest absolute Gasteiger partial charge is 0.478 e. The van der Waals surface area contributed by atoms with Gasteiger partial charge in [0.25, 0.3) is 0 Å². The van der Waals surface area contributed by atoms with Crippen molar-refractivity contribution in [2.45, 2.75) is 59.4 Å². The number of pyridine rings is 1. The van der Waals surface area contributed by atoms with Crippen LogP contribution in [0.2, 0.25) is 0 Å². The van der Waals surface area contributed by atoms with Gasteiger partial charge in [0, 0.05) is 18.0 Å². The van der Waals surface area contributed by atoms with Crippen molar-refractivity contribution in [1.29, 1.82) is 0 Å². The first kappa shape index (κ1) is 16.0. The third-order valence-electron chi connectivity index (χ3n) is 3.04. The maximum absolute atomic E-state index is 5.77. The van der Waals surface area contributed by atoms with Crippen LogP contribution in [0, 0.1) is 5.92 Å². The Kier molecular flexibility index (Phi) is 5.80. The van der Waals surface area contributed by atoms with E-state index in [4.69, 9.17) is 10.5 Å². The van der Waals surface area contributed by atoms with Gasteiger partial charge in [0.15, 0.2) is 0 Å². The zero-order chi connectivity index (χ0) is 14.5. The summed E-state index contributed by atoms with van der Waals surface area (Å²) in [6.07, 6.45) is 2.25. The Hall–Kier alpha value is -1.09. The van der Waals surface area contributed by atoms with Gasteiger partial charge in [-0.1, -0.05) is 34.6 Å². The minimum Gasteiger partial charge on any atom is -0.478 e. The molecule has 0 aliphatic heterocycles. The lowest BCUT2D eigenvalue weighted by Crippen LogP contribution is -2.15. The smallest absolute Gasteiger partial charge is 0.213 e. The molecule has 0 aromatic carbocycles. The van der Waals surface area contributed by atoms with E-state index in [1.165, 1.54) is 6.42 Å². The summed E-state index contributed by atoms with van der Waals surface area (Å²) in [5.74, 6) is 1.42. The normalized spacial score (nSPS) is 11.9. The summed E-state index contributed by atoms with van der Waals surface area (Å²) in [6.45, 7) is 12.2. The third kappa shape index (κ3) is 5.60. The molecule has 0 fully saturated rings. The van der Waals surface area contributed by atoms with Crippen LogP contribution in [0.25, 0.3) is 0 Å². The van der Waals surface area contributed by atoms with E-state index in [0.29, 0.717) is 12.4 Å². The Bertz CT molecular complexity index is 394. The number of hydrogen-bond donors (Lipinski definition) is 1. The highest BCUT2D eigenvalue weighted by Gasteiger charge is 2.17. The molecule has 0 aliphatic rings. The predicted molar refractivity (Wildman–Crippen MR) is 80.4 cm³/mol. The molecule has 1 heterocycles. The predicted octanol–water partition coefficient (Wildman–Crippen LogP) is 3.65. The molecule has 2 N–H and O–H groups in total. The van der Waals surface area contributed by atoms with Crippen molar-refractivity contribution < 1.29 is 4.74 Å². The van der Waals surface area contributed by atoms with Gasteiger partial charge in [-0.15, -0.1) is 0 Å². The molecule has 0 saturated carbocycles. The van der Waals surface area contributed by atoms with Gasteiger partial charge in [-0.05, 0) is 30.4 Å². The van der Waals surface area contributed by atoms with Gasteiger partial charge in [0.1, 0.15) is 0 Å². The van der Waals surface area contributed by atoms with E-state index in [-0.39, 0.29) is 5.41 Å². The molecule has 1 aromatic rings. The second-order valence-corrected chi connectivity index (χ2v) is 6.54. The fraction of sp³-hybridized carbons (Fsp3) is 0.688. The first-order valence-electron chi connectivity index (χ1n) is 7.17. The Morgan fingerprint density at radius 1 is 1.26 bits per heavy atom. The van der Waals surface area contributed by atoms with Crippen LogP contribution >= 0.6 is 0 Å². The molecule has 1 aromatic heterocycles. The number of hydrogen-bond acceptors (Lipinski definition) is 3. The molecule has 0 radical (unpaired) electrons. The average Bonchev–Trinajstić information content (AvgIpc) is 2.33. The molecule has 3 heteroatoms. The molecular weight excluding hydrogens is 236 g/mol. The zero-order valence-electron chi connectivity index (χ0n) is 13.0. The van der Waals surface area contributed by atoms with Crippen LogP contribution in [0.1, 0.15) is 58.7 Å².